The number of nitrogens with one attached hydrogen (secondary N) is 1. The summed E-state index contributed by atoms with van der Waals surface area (Å²) in [5, 5.41) is 13.8. The molecule has 6 rings (SSSR count). The van der Waals surface area contributed by atoms with Gasteiger partial charge in [0.2, 0.25) is 5.95 Å². The van der Waals surface area contributed by atoms with Crippen LogP contribution >= 0.6 is 23.2 Å². The first-order chi connectivity index (χ1) is 15.4. The Morgan fingerprint density at radius 3 is 2.75 bits per heavy atom. The summed E-state index contributed by atoms with van der Waals surface area (Å²) in [6.45, 7) is 2.59. The van der Waals surface area contributed by atoms with Gasteiger partial charge in [-0.05, 0) is 38.3 Å². The molecule has 3 N–H and O–H groups in total. The van der Waals surface area contributed by atoms with Gasteiger partial charge in [-0.2, -0.15) is 15.2 Å². The van der Waals surface area contributed by atoms with E-state index >= 15 is 0 Å². The van der Waals surface area contributed by atoms with Crippen LogP contribution in [-0.2, 0) is 13.6 Å². The monoisotopic (exact) mass is 472 g/mol. The molecule has 0 saturated carbocycles. The maximum atomic E-state index is 13.5. The topological polar surface area (TPSA) is 111 Å². The second-order valence-electron chi connectivity index (χ2n) is 8.61. The highest BCUT2D eigenvalue weighted by atomic mass is 35.5. The Morgan fingerprint density at radius 2 is 2.06 bits per heavy atom. The molecule has 3 atom stereocenters. The smallest absolute Gasteiger partial charge is 0.266 e. The molecule has 0 aliphatic carbocycles. The summed E-state index contributed by atoms with van der Waals surface area (Å²) in [5.74, 6) is 0.620. The van der Waals surface area contributed by atoms with Crippen molar-refractivity contribution in [2.45, 2.75) is 50.9 Å². The van der Waals surface area contributed by atoms with Crippen LogP contribution in [-0.4, -0.2) is 47.7 Å². The summed E-state index contributed by atoms with van der Waals surface area (Å²) >= 11 is 13.3. The summed E-state index contributed by atoms with van der Waals surface area (Å²) in [6.07, 6.45) is 3.01. The highest BCUT2D eigenvalue weighted by molar-refractivity contribution is 6.43. The fraction of sp³-hybridized carbons (Fsp3) is 0.429. The van der Waals surface area contributed by atoms with Crippen LogP contribution in [0.3, 0.4) is 0 Å². The van der Waals surface area contributed by atoms with Crippen LogP contribution in [0, 0.1) is 0 Å². The van der Waals surface area contributed by atoms with Gasteiger partial charge in [-0.15, -0.1) is 0 Å². The maximum absolute atomic E-state index is 13.5. The van der Waals surface area contributed by atoms with Crippen molar-refractivity contribution in [2.24, 2.45) is 12.8 Å². The number of rotatable bonds is 3. The van der Waals surface area contributed by atoms with E-state index in [-0.39, 0.29) is 17.6 Å². The van der Waals surface area contributed by atoms with Gasteiger partial charge in [0.15, 0.2) is 5.65 Å². The minimum absolute atomic E-state index is 0.107. The van der Waals surface area contributed by atoms with Crippen molar-refractivity contribution in [1.29, 1.82) is 0 Å². The van der Waals surface area contributed by atoms with Crippen molar-refractivity contribution < 1.29 is 0 Å². The Labute approximate surface area is 193 Å². The van der Waals surface area contributed by atoms with Crippen LogP contribution in [0.4, 0.5) is 5.95 Å². The second-order valence-corrected chi connectivity index (χ2v) is 9.34. The van der Waals surface area contributed by atoms with Gasteiger partial charge >= 0.3 is 0 Å². The molecule has 1 aromatic carbocycles. The molecule has 9 nitrogen and oxygen atoms in total. The molecule has 3 aromatic heterocycles. The third-order valence-corrected chi connectivity index (χ3v) is 7.71. The van der Waals surface area contributed by atoms with E-state index in [1.165, 1.54) is 0 Å². The first-order valence-corrected chi connectivity index (χ1v) is 11.5. The number of nitrogens with zero attached hydrogens (tertiary/aromatic N) is 6. The number of fused-ring (bicyclic) bond motifs is 4. The van der Waals surface area contributed by atoms with Gasteiger partial charge in [0.1, 0.15) is 10.5 Å². The average molecular weight is 473 g/mol. The van der Waals surface area contributed by atoms with Gasteiger partial charge < -0.3 is 10.6 Å². The largest absolute Gasteiger partial charge is 0.335 e. The number of H-pyrrole nitrogens is 1. The molecule has 0 amide bonds. The van der Waals surface area contributed by atoms with E-state index < -0.39 is 0 Å². The zero-order chi connectivity index (χ0) is 22.3. The molecule has 2 aliphatic rings. The zero-order valence-corrected chi connectivity index (χ0v) is 19.2. The lowest BCUT2D eigenvalue weighted by atomic mass is 9.97. The Hall–Kier alpha value is -2.62. The third-order valence-electron chi connectivity index (χ3n) is 6.94. The molecule has 2 aliphatic heterocycles. The van der Waals surface area contributed by atoms with Crippen molar-refractivity contribution in [3.05, 3.63) is 32.7 Å². The third kappa shape index (κ3) is 2.55. The normalized spacial score (nSPS) is 22.7. The fourth-order valence-corrected chi connectivity index (χ4v) is 6.11. The van der Waals surface area contributed by atoms with Crippen molar-refractivity contribution in [1.82, 2.24) is 29.5 Å². The summed E-state index contributed by atoms with van der Waals surface area (Å²) in [4.78, 5) is 20.5. The van der Waals surface area contributed by atoms with Gasteiger partial charge in [0.05, 0.1) is 21.6 Å². The number of halogens is 2. The number of hydrogen-bond donors (Lipinski definition) is 2. The summed E-state index contributed by atoms with van der Waals surface area (Å²) < 4.78 is 3.29. The lowest BCUT2D eigenvalue weighted by Crippen LogP contribution is -2.40. The molecule has 5 heterocycles. The Morgan fingerprint density at radius 1 is 1.25 bits per heavy atom. The number of anilines is 1. The predicted octanol–water partition coefficient (Wildman–Crippen LogP) is 3.07. The minimum Gasteiger partial charge on any atom is -0.335 e. The van der Waals surface area contributed by atoms with Gasteiger partial charge in [0, 0.05) is 37.3 Å². The highest BCUT2D eigenvalue weighted by Gasteiger charge is 2.46. The molecule has 2 fully saturated rings. The molecule has 166 valence electrons. The number of nitrogens with two attached hydrogens (primary N) is 1. The van der Waals surface area contributed by atoms with E-state index in [4.69, 9.17) is 33.9 Å². The first-order valence-electron chi connectivity index (χ1n) is 10.7. The van der Waals surface area contributed by atoms with Crippen molar-refractivity contribution >= 4 is 51.1 Å². The van der Waals surface area contributed by atoms with Crippen LogP contribution in [0.15, 0.2) is 16.9 Å². The molecular weight excluding hydrogens is 451 g/mol. The number of aryl methyl sites for hydroxylation is 1. The van der Waals surface area contributed by atoms with E-state index in [0.717, 1.165) is 19.3 Å². The van der Waals surface area contributed by atoms with E-state index in [9.17, 15) is 4.79 Å². The molecule has 2 saturated heterocycles. The molecule has 2 bridgehead atoms. The summed E-state index contributed by atoms with van der Waals surface area (Å²) in [6, 6.07) is 4.31. The van der Waals surface area contributed by atoms with Crippen molar-refractivity contribution in [3.8, 4) is 11.3 Å². The Kier molecular flexibility index (Phi) is 4.34. The van der Waals surface area contributed by atoms with Crippen LogP contribution < -0.4 is 16.2 Å². The van der Waals surface area contributed by atoms with Crippen LogP contribution in [0.2, 0.25) is 10.2 Å². The maximum Gasteiger partial charge on any atom is 0.266 e. The van der Waals surface area contributed by atoms with Crippen LogP contribution in [0.25, 0.3) is 33.2 Å². The van der Waals surface area contributed by atoms with E-state index in [1.807, 2.05) is 19.1 Å². The van der Waals surface area contributed by atoms with Crippen molar-refractivity contribution in [2.75, 3.05) is 4.90 Å². The van der Waals surface area contributed by atoms with Gasteiger partial charge in [0.25, 0.3) is 5.56 Å². The number of hydrogen-bond acceptors (Lipinski definition) is 6. The zero-order valence-electron chi connectivity index (χ0n) is 17.6. The second kappa shape index (κ2) is 6.94. The highest BCUT2D eigenvalue weighted by Crippen LogP contribution is 2.41. The van der Waals surface area contributed by atoms with Gasteiger partial charge in [-0.1, -0.05) is 23.2 Å². The average Bonchev–Trinajstić information content (AvgIpc) is 3.52. The SMILES string of the molecule is CCn1nc2ccc(-c3[nH]nc4nc(N5[C@H]6CC[C@@H]5[C@H](N)C6)n(C)c(=O)c34)c(Cl)c2c1Cl. The first kappa shape index (κ1) is 20.0. The summed E-state index contributed by atoms with van der Waals surface area (Å²) in [7, 11) is 1.75. The molecule has 0 radical (unpaired) electrons. The van der Waals surface area contributed by atoms with Gasteiger partial charge in [-0.3, -0.25) is 19.1 Å². The predicted molar refractivity (Wildman–Crippen MR) is 125 cm³/mol. The number of aromatic amines is 1. The standard InChI is InChI=1S/C21H22Cl2N8O/c1-3-30-18(23)14-12(28-30)6-5-10(16(14)22)17-15-19(27-26-17)25-21(29(2)20(15)32)31-9-4-7-13(31)11(24)8-9/h5-6,9,11,13H,3-4,7-8,24H2,1-2H3,(H,26,27)/t9-,11+,13+/m0/s1. The van der Waals surface area contributed by atoms with E-state index in [1.54, 1.807) is 16.3 Å². The fourth-order valence-electron chi connectivity index (χ4n) is 5.37. The van der Waals surface area contributed by atoms with Crippen LogP contribution in [0.1, 0.15) is 26.2 Å². The Balaban J connectivity index is 1.54. The molecule has 0 unspecified atom stereocenters. The quantitative estimate of drug-likeness (QED) is 0.473. The molecule has 4 aromatic rings. The van der Waals surface area contributed by atoms with E-state index in [2.05, 4.69) is 20.2 Å². The van der Waals surface area contributed by atoms with Gasteiger partial charge in [-0.25, -0.2) is 0 Å². The molecule has 32 heavy (non-hydrogen) atoms. The number of aromatic nitrogens is 6. The molecular formula is C21H22Cl2N8O. The van der Waals surface area contributed by atoms with E-state index in [0.29, 0.717) is 61.9 Å². The lowest BCUT2D eigenvalue weighted by molar-refractivity contribution is 0.503. The molecule has 11 heteroatoms. The summed E-state index contributed by atoms with van der Waals surface area (Å²) in [5.41, 5.74) is 8.34. The Bertz CT molecular complexity index is 1450. The minimum atomic E-state index is -0.180. The van der Waals surface area contributed by atoms with Crippen molar-refractivity contribution in [3.63, 3.8) is 0 Å². The molecule has 0 spiro atoms. The lowest BCUT2D eigenvalue weighted by Gasteiger charge is -2.25. The van der Waals surface area contributed by atoms with Crippen LogP contribution in [0.5, 0.6) is 0 Å². The number of benzene rings is 1.